The van der Waals surface area contributed by atoms with Crippen molar-refractivity contribution in [3.8, 4) is 5.75 Å². The lowest BCUT2D eigenvalue weighted by Gasteiger charge is -2.31. The molecular weight excluding hydrogens is 331 g/mol. The molecule has 1 N–H and O–H groups in total. The molecule has 0 radical (unpaired) electrons. The molecule has 0 atom stereocenters. The van der Waals surface area contributed by atoms with Gasteiger partial charge in [0.25, 0.3) is 0 Å². The van der Waals surface area contributed by atoms with Gasteiger partial charge in [0.05, 0.1) is 6.61 Å². The van der Waals surface area contributed by atoms with Crippen LogP contribution in [0.2, 0.25) is 0 Å². The Morgan fingerprint density at radius 1 is 1.12 bits per heavy atom. The van der Waals surface area contributed by atoms with Crippen molar-refractivity contribution in [2.24, 2.45) is 5.92 Å². The smallest absolute Gasteiger partial charge is 0.227 e. The van der Waals surface area contributed by atoms with Gasteiger partial charge < -0.3 is 10.1 Å². The van der Waals surface area contributed by atoms with E-state index in [4.69, 9.17) is 4.74 Å². The number of piperidine rings is 1. The van der Waals surface area contributed by atoms with Crippen LogP contribution in [0.15, 0.2) is 48.5 Å². The SMILES string of the molecule is CCOc1ccc(NC(=O)C2CCN(Cc3ccc(F)cc3)CC2)cc1. The lowest BCUT2D eigenvalue weighted by Crippen LogP contribution is -2.37. The Labute approximate surface area is 154 Å². The molecule has 0 unspecified atom stereocenters. The number of carbonyl (C=O) groups is 1. The second kappa shape index (κ2) is 8.81. The van der Waals surface area contributed by atoms with Crippen molar-refractivity contribution in [2.45, 2.75) is 26.3 Å². The van der Waals surface area contributed by atoms with Crippen LogP contribution < -0.4 is 10.1 Å². The number of benzene rings is 2. The van der Waals surface area contributed by atoms with E-state index in [1.165, 1.54) is 12.1 Å². The van der Waals surface area contributed by atoms with Gasteiger partial charge in [-0.3, -0.25) is 9.69 Å². The molecule has 1 aliphatic heterocycles. The number of ether oxygens (including phenoxy) is 1. The molecule has 26 heavy (non-hydrogen) atoms. The topological polar surface area (TPSA) is 41.6 Å². The van der Waals surface area contributed by atoms with E-state index in [0.29, 0.717) is 6.61 Å². The molecule has 138 valence electrons. The lowest BCUT2D eigenvalue weighted by molar-refractivity contribution is -0.121. The fourth-order valence-electron chi connectivity index (χ4n) is 3.25. The molecule has 1 fully saturated rings. The van der Waals surface area contributed by atoms with E-state index in [2.05, 4.69) is 10.2 Å². The van der Waals surface area contributed by atoms with Gasteiger partial charge >= 0.3 is 0 Å². The van der Waals surface area contributed by atoms with Gasteiger partial charge in [0.1, 0.15) is 11.6 Å². The quantitative estimate of drug-likeness (QED) is 0.848. The van der Waals surface area contributed by atoms with E-state index in [0.717, 1.165) is 49.5 Å². The van der Waals surface area contributed by atoms with Crippen LogP contribution in [0.1, 0.15) is 25.3 Å². The highest BCUT2D eigenvalue weighted by Gasteiger charge is 2.25. The zero-order valence-corrected chi connectivity index (χ0v) is 15.1. The third-order valence-corrected chi connectivity index (χ3v) is 4.71. The molecule has 0 aliphatic carbocycles. The third kappa shape index (κ3) is 5.05. The Hall–Kier alpha value is -2.40. The highest BCUT2D eigenvalue weighted by molar-refractivity contribution is 5.92. The molecule has 0 spiro atoms. The number of amides is 1. The number of halogens is 1. The number of likely N-dealkylation sites (tertiary alicyclic amines) is 1. The largest absolute Gasteiger partial charge is 0.494 e. The average Bonchev–Trinajstić information content (AvgIpc) is 2.66. The molecule has 3 rings (SSSR count). The van der Waals surface area contributed by atoms with Crippen molar-refractivity contribution in [3.63, 3.8) is 0 Å². The van der Waals surface area contributed by atoms with Crippen LogP contribution in [0.4, 0.5) is 10.1 Å². The minimum atomic E-state index is -0.210. The van der Waals surface area contributed by atoms with Crippen LogP contribution >= 0.6 is 0 Å². The maximum atomic E-state index is 13.0. The normalized spacial score (nSPS) is 15.6. The van der Waals surface area contributed by atoms with Gasteiger partial charge in [0.15, 0.2) is 0 Å². The van der Waals surface area contributed by atoms with E-state index in [1.54, 1.807) is 0 Å². The molecule has 1 amide bonds. The summed E-state index contributed by atoms with van der Waals surface area (Å²) in [4.78, 5) is 14.8. The first-order valence-electron chi connectivity index (χ1n) is 9.14. The number of carbonyl (C=O) groups excluding carboxylic acids is 1. The average molecular weight is 356 g/mol. The van der Waals surface area contributed by atoms with Crippen molar-refractivity contribution in [2.75, 3.05) is 25.0 Å². The predicted octanol–water partition coefficient (Wildman–Crippen LogP) is 4.08. The summed E-state index contributed by atoms with van der Waals surface area (Å²) in [7, 11) is 0. The molecule has 1 heterocycles. The Balaban J connectivity index is 1.46. The van der Waals surface area contributed by atoms with Crippen LogP contribution in [0, 0.1) is 11.7 Å². The number of hydrogen-bond acceptors (Lipinski definition) is 3. The van der Waals surface area contributed by atoms with E-state index >= 15 is 0 Å². The second-order valence-corrected chi connectivity index (χ2v) is 6.62. The number of anilines is 1. The summed E-state index contributed by atoms with van der Waals surface area (Å²) in [6.07, 6.45) is 1.67. The molecule has 1 saturated heterocycles. The van der Waals surface area contributed by atoms with Gasteiger partial charge in [0, 0.05) is 18.2 Å². The van der Waals surface area contributed by atoms with Crippen LogP contribution in [0.25, 0.3) is 0 Å². The van der Waals surface area contributed by atoms with Crippen molar-refractivity contribution in [1.29, 1.82) is 0 Å². The summed E-state index contributed by atoms with van der Waals surface area (Å²) >= 11 is 0. The van der Waals surface area contributed by atoms with Gasteiger partial charge in [-0.2, -0.15) is 0 Å². The Kier molecular flexibility index (Phi) is 6.23. The summed E-state index contributed by atoms with van der Waals surface area (Å²) in [5, 5.41) is 3.00. The van der Waals surface area contributed by atoms with Gasteiger partial charge in [0.2, 0.25) is 5.91 Å². The Morgan fingerprint density at radius 2 is 1.77 bits per heavy atom. The van der Waals surface area contributed by atoms with Crippen molar-refractivity contribution < 1.29 is 13.9 Å². The standard InChI is InChI=1S/C21H25FN2O2/c1-2-26-20-9-7-19(8-10-20)23-21(25)17-11-13-24(14-12-17)15-16-3-5-18(22)6-4-16/h3-10,17H,2,11-15H2,1H3,(H,23,25). The summed E-state index contributed by atoms with van der Waals surface area (Å²) in [6, 6.07) is 14.1. The first-order chi connectivity index (χ1) is 12.6. The van der Waals surface area contributed by atoms with Crippen molar-refractivity contribution in [1.82, 2.24) is 4.90 Å². The number of rotatable bonds is 6. The first kappa shape index (κ1) is 18.4. The Bertz CT molecular complexity index is 708. The summed E-state index contributed by atoms with van der Waals surface area (Å²) in [6.45, 7) is 5.12. The van der Waals surface area contributed by atoms with E-state index in [1.807, 2.05) is 43.3 Å². The fraction of sp³-hybridized carbons (Fsp3) is 0.381. The summed E-state index contributed by atoms with van der Waals surface area (Å²) in [5.41, 5.74) is 1.90. The van der Waals surface area contributed by atoms with Gasteiger partial charge in [-0.15, -0.1) is 0 Å². The van der Waals surface area contributed by atoms with Crippen molar-refractivity contribution >= 4 is 11.6 Å². The molecule has 0 saturated carbocycles. The Morgan fingerprint density at radius 3 is 2.38 bits per heavy atom. The zero-order chi connectivity index (χ0) is 18.4. The monoisotopic (exact) mass is 356 g/mol. The molecule has 4 nitrogen and oxygen atoms in total. The second-order valence-electron chi connectivity index (χ2n) is 6.62. The van der Waals surface area contributed by atoms with Gasteiger partial charge in [-0.1, -0.05) is 12.1 Å². The minimum Gasteiger partial charge on any atom is -0.494 e. The van der Waals surface area contributed by atoms with Gasteiger partial charge in [-0.25, -0.2) is 4.39 Å². The highest BCUT2D eigenvalue weighted by Crippen LogP contribution is 2.22. The molecule has 2 aromatic rings. The fourth-order valence-corrected chi connectivity index (χ4v) is 3.25. The third-order valence-electron chi connectivity index (χ3n) is 4.71. The number of nitrogens with zero attached hydrogens (tertiary/aromatic N) is 1. The lowest BCUT2D eigenvalue weighted by atomic mass is 9.95. The maximum absolute atomic E-state index is 13.0. The molecule has 5 heteroatoms. The highest BCUT2D eigenvalue weighted by atomic mass is 19.1. The van der Waals surface area contributed by atoms with Crippen LogP contribution in [-0.4, -0.2) is 30.5 Å². The van der Waals surface area contributed by atoms with Crippen molar-refractivity contribution in [3.05, 3.63) is 59.9 Å². The molecule has 2 aromatic carbocycles. The van der Waals surface area contributed by atoms with Crippen LogP contribution in [0.5, 0.6) is 5.75 Å². The summed E-state index contributed by atoms with van der Waals surface area (Å²) < 4.78 is 18.4. The molecule has 0 bridgehead atoms. The molecular formula is C21H25FN2O2. The van der Waals surface area contributed by atoms with Crippen LogP contribution in [0.3, 0.4) is 0 Å². The number of nitrogens with one attached hydrogen (secondary N) is 1. The van der Waals surface area contributed by atoms with E-state index < -0.39 is 0 Å². The van der Waals surface area contributed by atoms with E-state index in [9.17, 15) is 9.18 Å². The molecule has 1 aliphatic rings. The first-order valence-corrected chi connectivity index (χ1v) is 9.14. The van der Waals surface area contributed by atoms with E-state index in [-0.39, 0.29) is 17.6 Å². The zero-order valence-electron chi connectivity index (χ0n) is 15.1. The summed E-state index contributed by atoms with van der Waals surface area (Å²) in [5.74, 6) is 0.708. The predicted molar refractivity (Wildman–Crippen MR) is 101 cm³/mol. The van der Waals surface area contributed by atoms with Crippen LogP contribution in [-0.2, 0) is 11.3 Å². The molecule has 0 aromatic heterocycles. The van der Waals surface area contributed by atoms with Gasteiger partial charge in [-0.05, 0) is 74.8 Å². The number of hydrogen-bond donors (Lipinski definition) is 1. The maximum Gasteiger partial charge on any atom is 0.227 e. The minimum absolute atomic E-state index is 0.0334.